The van der Waals surface area contributed by atoms with Crippen molar-refractivity contribution >= 4 is 27.5 Å². The Kier molecular flexibility index (Phi) is 4.90. The highest BCUT2D eigenvalue weighted by Crippen LogP contribution is 2.47. The van der Waals surface area contributed by atoms with E-state index in [1.807, 2.05) is 0 Å². The first kappa shape index (κ1) is 17.7. The number of carbonyl (C=O) groups excluding carboxylic acids is 1. The van der Waals surface area contributed by atoms with Gasteiger partial charge in [-0.3, -0.25) is 9.48 Å². The molecule has 0 aliphatic rings. The smallest absolute Gasteiger partial charge is 0.323 e. The zero-order chi connectivity index (χ0) is 16.5. The van der Waals surface area contributed by atoms with E-state index >= 15 is 0 Å². The van der Waals surface area contributed by atoms with Gasteiger partial charge in [0.2, 0.25) is 5.91 Å². The first-order valence-electron chi connectivity index (χ1n) is 5.11. The van der Waals surface area contributed by atoms with Crippen molar-refractivity contribution in [3.05, 3.63) is 12.4 Å². The summed E-state index contributed by atoms with van der Waals surface area (Å²) < 4.78 is 87.5. The molecule has 1 heterocycles. The maximum Gasteiger partial charge on any atom is 0.459 e. The van der Waals surface area contributed by atoms with Gasteiger partial charge >= 0.3 is 18.0 Å². The van der Waals surface area contributed by atoms with Gasteiger partial charge in [0.05, 0.1) is 17.2 Å². The van der Waals surface area contributed by atoms with Crippen LogP contribution in [0.15, 0.2) is 12.4 Å². The fourth-order valence-corrected chi connectivity index (χ4v) is 1.36. The predicted octanol–water partition coefficient (Wildman–Crippen LogP) is 3.05. The Balaban J connectivity index is 2.88. The monoisotopic (exact) mass is 385 g/mol. The lowest BCUT2D eigenvalue weighted by molar-refractivity contribution is -0.357. The minimum atomic E-state index is -6.39. The topological polar surface area (TPSA) is 46.9 Å². The lowest BCUT2D eigenvalue weighted by Crippen LogP contribution is -2.53. The number of amides is 1. The standard InChI is InChI=1S/C9H7BrF7N3O/c10-1-6(21)19-5-2-18-20(3-5)4-7(11,12)8(13,14)9(15,16)17/h2-3H,1,4H2,(H,19,21). The zero-order valence-corrected chi connectivity index (χ0v) is 11.5. The summed E-state index contributed by atoms with van der Waals surface area (Å²) in [6.07, 6.45) is -4.85. The van der Waals surface area contributed by atoms with Crippen molar-refractivity contribution in [3.8, 4) is 0 Å². The van der Waals surface area contributed by atoms with E-state index in [0.717, 1.165) is 6.20 Å². The maximum atomic E-state index is 13.1. The van der Waals surface area contributed by atoms with Gasteiger partial charge in [-0.2, -0.15) is 35.8 Å². The molecule has 0 aromatic carbocycles. The molecular weight excluding hydrogens is 379 g/mol. The van der Waals surface area contributed by atoms with Crippen LogP contribution in [0.3, 0.4) is 0 Å². The van der Waals surface area contributed by atoms with Crippen molar-refractivity contribution in [2.24, 2.45) is 0 Å². The molecule has 0 bridgehead atoms. The first-order chi connectivity index (χ1) is 9.40. The van der Waals surface area contributed by atoms with Crippen LogP contribution in [0.5, 0.6) is 0 Å². The van der Waals surface area contributed by atoms with E-state index in [1.165, 1.54) is 0 Å². The van der Waals surface area contributed by atoms with Crippen LogP contribution < -0.4 is 5.32 Å². The molecule has 1 aromatic heterocycles. The number of aromatic nitrogens is 2. The minimum Gasteiger partial charge on any atom is -0.323 e. The van der Waals surface area contributed by atoms with Crippen LogP contribution in [0.1, 0.15) is 0 Å². The van der Waals surface area contributed by atoms with E-state index in [1.54, 1.807) is 0 Å². The van der Waals surface area contributed by atoms with Gasteiger partial charge < -0.3 is 5.32 Å². The highest BCUT2D eigenvalue weighted by atomic mass is 79.9. The minimum absolute atomic E-state index is 0.120. The van der Waals surface area contributed by atoms with E-state index in [2.05, 4.69) is 26.3 Å². The van der Waals surface area contributed by atoms with Gasteiger partial charge in [0.25, 0.3) is 0 Å². The van der Waals surface area contributed by atoms with Crippen molar-refractivity contribution in [3.63, 3.8) is 0 Å². The average molecular weight is 386 g/mol. The normalized spacial score (nSPS) is 13.3. The largest absolute Gasteiger partial charge is 0.459 e. The van der Waals surface area contributed by atoms with Crippen molar-refractivity contribution in [2.45, 2.75) is 24.6 Å². The predicted molar refractivity (Wildman–Crippen MR) is 60.6 cm³/mol. The second-order valence-corrected chi connectivity index (χ2v) is 4.45. The van der Waals surface area contributed by atoms with Crippen LogP contribution in [0.4, 0.5) is 36.4 Å². The molecule has 120 valence electrons. The number of rotatable bonds is 5. The van der Waals surface area contributed by atoms with Gasteiger partial charge in [0.1, 0.15) is 6.54 Å². The van der Waals surface area contributed by atoms with Crippen molar-refractivity contribution < 1.29 is 35.5 Å². The molecule has 0 spiro atoms. The Morgan fingerprint density at radius 3 is 2.29 bits per heavy atom. The Morgan fingerprint density at radius 1 is 1.24 bits per heavy atom. The summed E-state index contributed by atoms with van der Waals surface area (Å²) in [6, 6.07) is 0. The van der Waals surface area contributed by atoms with Gasteiger partial charge in [-0.15, -0.1) is 0 Å². The summed E-state index contributed by atoms with van der Waals surface area (Å²) in [5, 5.41) is 5.21. The number of hydrogen-bond acceptors (Lipinski definition) is 2. The Bertz CT molecular complexity index is 514. The van der Waals surface area contributed by atoms with Crippen LogP contribution in [0.25, 0.3) is 0 Å². The van der Waals surface area contributed by atoms with E-state index in [0.29, 0.717) is 6.20 Å². The lowest BCUT2D eigenvalue weighted by Gasteiger charge is -2.27. The van der Waals surface area contributed by atoms with Crippen LogP contribution in [-0.2, 0) is 11.3 Å². The molecule has 12 heteroatoms. The molecule has 0 aliphatic heterocycles. The Labute approximate surface area is 121 Å². The number of nitrogens with one attached hydrogen (secondary N) is 1. The van der Waals surface area contributed by atoms with Gasteiger partial charge in [0, 0.05) is 6.20 Å². The number of hydrogen-bond donors (Lipinski definition) is 1. The van der Waals surface area contributed by atoms with Gasteiger partial charge in [-0.1, -0.05) is 15.9 Å². The molecule has 1 N–H and O–H groups in total. The second-order valence-electron chi connectivity index (χ2n) is 3.88. The molecule has 0 fully saturated rings. The van der Waals surface area contributed by atoms with Gasteiger partial charge in [-0.25, -0.2) is 0 Å². The molecule has 21 heavy (non-hydrogen) atoms. The number of nitrogens with zero attached hydrogens (tertiary/aromatic N) is 2. The third-order valence-electron chi connectivity index (χ3n) is 2.21. The zero-order valence-electron chi connectivity index (χ0n) is 9.90. The van der Waals surface area contributed by atoms with E-state index in [9.17, 15) is 35.5 Å². The van der Waals surface area contributed by atoms with Crippen LogP contribution >= 0.6 is 15.9 Å². The summed E-state index contributed by atoms with van der Waals surface area (Å²) in [5.74, 6) is -12.2. The summed E-state index contributed by atoms with van der Waals surface area (Å²) in [5.41, 5.74) is -0.120. The molecule has 1 amide bonds. The van der Waals surface area contributed by atoms with Crippen molar-refractivity contribution in [1.82, 2.24) is 9.78 Å². The SMILES string of the molecule is O=C(CBr)Nc1cnn(CC(F)(F)C(F)(F)C(F)(F)F)c1. The van der Waals surface area contributed by atoms with Crippen LogP contribution in [0.2, 0.25) is 0 Å². The fourth-order valence-electron chi connectivity index (χ4n) is 1.22. The molecule has 0 radical (unpaired) electrons. The quantitative estimate of drug-likeness (QED) is 0.625. The summed E-state index contributed by atoms with van der Waals surface area (Å²) in [4.78, 5) is 11.0. The molecule has 0 saturated carbocycles. The highest BCUT2D eigenvalue weighted by molar-refractivity contribution is 9.09. The first-order valence-corrected chi connectivity index (χ1v) is 6.23. The van der Waals surface area contributed by atoms with E-state index in [-0.39, 0.29) is 15.7 Å². The third kappa shape index (κ3) is 3.86. The van der Waals surface area contributed by atoms with Crippen LogP contribution in [-0.4, -0.2) is 39.0 Å². The molecule has 0 atom stereocenters. The van der Waals surface area contributed by atoms with Crippen LogP contribution in [0, 0.1) is 0 Å². The molecule has 4 nitrogen and oxygen atoms in total. The van der Waals surface area contributed by atoms with Gasteiger partial charge in [-0.05, 0) is 0 Å². The average Bonchev–Trinajstić information content (AvgIpc) is 2.73. The molecular formula is C9H7BrF7N3O. The lowest BCUT2D eigenvalue weighted by atomic mass is 10.1. The summed E-state index contributed by atoms with van der Waals surface area (Å²) >= 11 is 2.79. The molecule has 0 saturated heterocycles. The Morgan fingerprint density at radius 2 is 1.81 bits per heavy atom. The molecule has 1 aromatic rings. The van der Waals surface area contributed by atoms with Crippen molar-refractivity contribution in [2.75, 3.05) is 10.6 Å². The number of carbonyl (C=O) groups is 1. The molecule has 0 aliphatic carbocycles. The number of anilines is 1. The summed E-state index contributed by atoms with van der Waals surface area (Å²) in [6.45, 7) is -2.00. The highest BCUT2D eigenvalue weighted by Gasteiger charge is 2.73. The number of alkyl halides is 8. The third-order valence-corrected chi connectivity index (χ3v) is 2.72. The number of halogens is 8. The Hall–Kier alpha value is -1.33. The summed E-state index contributed by atoms with van der Waals surface area (Å²) in [7, 11) is 0. The van der Waals surface area contributed by atoms with E-state index < -0.39 is 30.5 Å². The molecule has 1 rings (SSSR count). The van der Waals surface area contributed by atoms with Gasteiger partial charge in [0.15, 0.2) is 0 Å². The van der Waals surface area contributed by atoms with E-state index in [4.69, 9.17) is 0 Å². The maximum absolute atomic E-state index is 13.1. The van der Waals surface area contributed by atoms with Crippen molar-refractivity contribution in [1.29, 1.82) is 0 Å². The second kappa shape index (κ2) is 5.81. The fraction of sp³-hybridized carbons (Fsp3) is 0.556. The molecule has 0 unspecified atom stereocenters.